The van der Waals surface area contributed by atoms with Gasteiger partial charge in [0, 0.05) is 95.0 Å². The molecule has 0 amide bonds. The fourth-order valence-electron chi connectivity index (χ4n) is 15.4. The number of nitrogens with zero attached hydrogens (tertiary/aromatic N) is 11. The van der Waals surface area contributed by atoms with E-state index >= 15 is 0 Å². The lowest BCUT2D eigenvalue weighted by molar-refractivity contribution is 1.07. The highest BCUT2D eigenvalue weighted by Gasteiger charge is 2.43. The van der Waals surface area contributed by atoms with E-state index in [2.05, 4.69) is 251 Å². The molecule has 0 spiro atoms. The molecule has 106 heavy (non-hydrogen) atoms. The van der Waals surface area contributed by atoms with Gasteiger partial charge >= 0.3 is 0 Å². The van der Waals surface area contributed by atoms with Crippen LogP contribution in [0.15, 0.2) is 364 Å². The maximum atomic E-state index is 5.72. The van der Waals surface area contributed by atoms with Crippen LogP contribution >= 0.6 is 0 Å². The molecule has 6 heterocycles. The monoisotopic (exact) mass is 1350 g/mol. The Bertz CT molecular complexity index is 6290. The summed E-state index contributed by atoms with van der Waals surface area (Å²) in [7, 11) is 0. The zero-order chi connectivity index (χ0) is 70.0. The first-order chi connectivity index (χ1) is 52.5. The SMILES string of the molecule is c1ccc(-c2cc(-c3cc(-c4nc(-c5ccccc5)nc(-c5ccccc5)n4)ccc3-n3c4ccccc4c4cc(-c5nc(-c6ccccc6)nc(-c6ccccc6)n5)ccc43)nc(-c3cccc(-c4ccc(N5c6ccccc6B6c7ccccc7N(c7ccccc7)c7cccc5c76)cc4)c3)n2)cc1. The molecule has 11 nitrogen and oxygen atoms in total. The van der Waals surface area contributed by atoms with Crippen LogP contribution in [-0.4, -0.2) is 51.2 Å². The topological polar surface area (TPSA) is 115 Å². The van der Waals surface area contributed by atoms with Crippen LogP contribution < -0.4 is 26.2 Å². The molecule has 0 saturated carbocycles. The van der Waals surface area contributed by atoms with Crippen molar-refractivity contribution in [3.05, 3.63) is 364 Å². The van der Waals surface area contributed by atoms with Gasteiger partial charge in [0.05, 0.1) is 28.1 Å². The van der Waals surface area contributed by atoms with Crippen molar-refractivity contribution in [2.24, 2.45) is 0 Å². The summed E-state index contributed by atoms with van der Waals surface area (Å²) in [6, 6.07) is 127. The predicted octanol–water partition coefficient (Wildman–Crippen LogP) is 20.7. The molecular formula is C94H60BN11. The van der Waals surface area contributed by atoms with Crippen molar-refractivity contribution in [2.45, 2.75) is 0 Å². The van der Waals surface area contributed by atoms with Crippen molar-refractivity contribution in [3.8, 4) is 119 Å². The minimum absolute atomic E-state index is 0.0498. The van der Waals surface area contributed by atoms with Crippen molar-refractivity contribution in [3.63, 3.8) is 0 Å². The summed E-state index contributed by atoms with van der Waals surface area (Å²) in [4.78, 5) is 47.1. The van der Waals surface area contributed by atoms with Crippen LogP contribution in [0.25, 0.3) is 141 Å². The molecule has 0 saturated heterocycles. The van der Waals surface area contributed by atoms with Crippen molar-refractivity contribution < 1.29 is 0 Å². The normalized spacial score (nSPS) is 12.1. The van der Waals surface area contributed by atoms with Crippen molar-refractivity contribution in [1.82, 2.24) is 44.4 Å². The van der Waals surface area contributed by atoms with Crippen LogP contribution in [0.3, 0.4) is 0 Å². The summed E-state index contributed by atoms with van der Waals surface area (Å²) >= 11 is 0. The number of anilines is 6. The predicted molar refractivity (Wildman–Crippen MR) is 432 cm³/mol. The number of para-hydroxylation sites is 4. The third-order valence-corrected chi connectivity index (χ3v) is 20.3. The number of hydrogen-bond donors (Lipinski definition) is 0. The summed E-state index contributed by atoms with van der Waals surface area (Å²) in [6.45, 7) is 0.0498. The third-order valence-electron chi connectivity index (χ3n) is 20.3. The Hall–Kier alpha value is -14.4. The second-order valence-corrected chi connectivity index (χ2v) is 26.6. The number of aromatic nitrogens is 9. The van der Waals surface area contributed by atoms with Crippen LogP contribution in [0.2, 0.25) is 0 Å². The quantitative estimate of drug-likeness (QED) is 0.103. The lowest BCUT2D eigenvalue weighted by Gasteiger charge is -2.44. The molecule has 20 rings (SSSR count). The highest BCUT2D eigenvalue weighted by molar-refractivity contribution is 7.00. The molecule has 14 aromatic carbocycles. The van der Waals surface area contributed by atoms with Gasteiger partial charge in [0.1, 0.15) is 0 Å². The Labute approximate surface area is 612 Å². The van der Waals surface area contributed by atoms with Crippen LogP contribution in [-0.2, 0) is 0 Å². The standard InChI is InChI=1S/C94H60BN11/c1-7-27-62(28-8-1)78-60-79(97-92(96-78)68-38-25-37-67(57-68)61-49-53-72(54-50-61)105-84-46-24-21-43-77(84)95-76-42-20-23-45-83(76)104(71-39-17-6-18-40-71)85-47-26-48-86(105)87(85)95)75-59-70(94-102-90(65-33-13-4-14-34-65)99-91(103-94)66-35-15-5-16-36-66)52-56-82(75)106-80-44-22-19-41-73(80)74-58-69(51-55-81(74)106)93-100-88(63-29-9-2-10-30-63)98-89(101-93)64-31-11-3-12-32-64/h1-60H. The Morgan fingerprint density at radius 1 is 0.208 bits per heavy atom. The largest absolute Gasteiger partial charge is 0.311 e. The number of fused-ring (bicyclic) bond motifs is 7. The average Bonchev–Trinajstić information content (AvgIpc) is 0.874. The lowest BCUT2D eigenvalue weighted by atomic mass is 9.33. The van der Waals surface area contributed by atoms with Crippen molar-refractivity contribution >= 4 is 79.0 Å². The van der Waals surface area contributed by atoms with E-state index < -0.39 is 0 Å². The van der Waals surface area contributed by atoms with E-state index in [4.69, 9.17) is 39.9 Å². The molecule has 0 N–H and O–H groups in total. The van der Waals surface area contributed by atoms with E-state index in [1.54, 1.807) is 0 Å². The molecule has 12 heteroatoms. The molecule has 2 aliphatic rings. The molecular weight excluding hydrogens is 1290 g/mol. The van der Waals surface area contributed by atoms with Crippen LogP contribution in [0.5, 0.6) is 0 Å². The molecule has 4 aromatic heterocycles. The Morgan fingerprint density at radius 2 is 0.585 bits per heavy atom. The first kappa shape index (κ1) is 61.5. The van der Waals surface area contributed by atoms with E-state index in [1.165, 1.54) is 27.8 Å². The molecule has 0 aliphatic carbocycles. The molecule has 0 unspecified atom stereocenters. The molecule has 2 aliphatic heterocycles. The average molecular weight is 1350 g/mol. The summed E-state index contributed by atoms with van der Waals surface area (Å²) in [5.41, 5.74) is 25.0. The van der Waals surface area contributed by atoms with Gasteiger partial charge in [-0.1, -0.05) is 261 Å². The molecule has 0 radical (unpaired) electrons. The second-order valence-electron chi connectivity index (χ2n) is 26.6. The van der Waals surface area contributed by atoms with Crippen molar-refractivity contribution in [2.75, 3.05) is 9.80 Å². The van der Waals surface area contributed by atoms with E-state index in [0.29, 0.717) is 46.5 Å². The molecule has 18 aromatic rings. The minimum Gasteiger partial charge on any atom is -0.311 e. The molecule has 494 valence electrons. The smallest absolute Gasteiger partial charge is 0.252 e. The molecule has 0 bridgehead atoms. The highest BCUT2D eigenvalue weighted by Crippen LogP contribution is 2.46. The van der Waals surface area contributed by atoms with Crippen molar-refractivity contribution in [1.29, 1.82) is 0 Å². The van der Waals surface area contributed by atoms with Gasteiger partial charge in [0.15, 0.2) is 40.8 Å². The van der Waals surface area contributed by atoms with Gasteiger partial charge in [-0.25, -0.2) is 39.9 Å². The second kappa shape index (κ2) is 25.9. The maximum absolute atomic E-state index is 5.72. The van der Waals surface area contributed by atoms with E-state index in [0.717, 1.165) is 117 Å². The van der Waals surface area contributed by atoms with Gasteiger partial charge in [0.25, 0.3) is 6.71 Å². The Kier molecular flexibility index (Phi) is 15.0. The Balaban J connectivity index is 0.741. The van der Waals surface area contributed by atoms with Gasteiger partial charge in [0.2, 0.25) is 0 Å². The van der Waals surface area contributed by atoms with E-state index in [-0.39, 0.29) is 6.71 Å². The Morgan fingerprint density at radius 3 is 1.14 bits per heavy atom. The van der Waals surface area contributed by atoms with Crippen LogP contribution in [0, 0.1) is 0 Å². The number of benzene rings is 14. The van der Waals surface area contributed by atoms with Gasteiger partial charge < -0.3 is 14.4 Å². The molecule has 0 atom stereocenters. The number of hydrogen-bond acceptors (Lipinski definition) is 10. The summed E-state index contributed by atoms with van der Waals surface area (Å²) in [5, 5.41) is 2.08. The van der Waals surface area contributed by atoms with Gasteiger partial charge in [-0.2, -0.15) is 0 Å². The molecule has 0 fully saturated rings. The summed E-state index contributed by atoms with van der Waals surface area (Å²) in [5.74, 6) is 3.98. The van der Waals surface area contributed by atoms with E-state index in [1.807, 2.05) is 127 Å². The highest BCUT2D eigenvalue weighted by atomic mass is 15.2. The fourth-order valence-corrected chi connectivity index (χ4v) is 15.4. The first-order valence-electron chi connectivity index (χ1n) is 35.6. The van der Waals surface area contributed by atoms with Crippen LogP contribution in [0.4, 0.5) is 34.1 Å². The summed E-state index contributed by atoms with van der Waals surface area (Å²) < 4.78 is 2.35. The minimum atomic E-state index is 0.0498. The zero-order valence-corrected chi connectivity index (χ0v) is 57.1. The third kappa shape index (κ3) is 10.9. The maximum Gasteiger partial charge on any atom is 0.252 e. The summed E-state index contributed by atoms with van der Waals surface area (Å²) in [6.07, 6.45) is 0. The fraction of sp³-hybridized carbons (Fsp3) is 0. The van der Waals surface area contributed by atoms with Crippen LogP contribution in [0.1, 0.15) is 0 Å². The zero-order valence-electron chi connectivity index (χ0n) is 57.1. The lowest BCUT2D eigenvalue weighted by Crippen LogP contribution is -2.61. The van der Waals surface area contributed by atoms with Gasteiger partial charge in [-0.05, 0) is 131 Å². The van der Waals surface area contributed by atoms with Gasteiger partial charge in [-0.15, -0.1) is 0 Å². The van der Waals surface area contributed by atoms with E-state index in [9.17, 15) is 0 Å². The number of rotatable bonds is 13. The van der Waals surface area contributed by atoms with Gasteiger partial charge in [-0.3, -0.25) is 0 Å². The first-order valence-corrected chi connectivity index (χ1v) is 35.6.